The Labute approximate surface area is 105 Å². The lowest BCUT2D eigenvalue weighted by Gasteiger charge is -2.33. The smallest absolute Gasteiger partial charge is 0.131 e. The van der Waals surface area contributed by atoms with Gasteiger partial charge in [-0.15, -0.1) is 0 Å². The zero-order chi connectivity index (χ0) is 12.6. The molecule has 0 fully saturated rings. The Kier molecular flexibility index (Phi) is 2.42. The highest BCUT2D eigenvalue weighted by molar-refractivity contribution is 5.45. The molecule has 2 N–H and O–H groups in total. The van der Waals surface area contributed by atoms with Gasteiger partial charge in [-0.2, -0.15) is 5.26 Å². The summed E-state index contributed by atoms with van der Waals surface area (Å²) in [6.45, 7) is 0. The number of benzene rings is 1. The van der Waals surface area contributed by atoms with Crippen molar-refractivity contribution in [1.82, 2.24) is 9.97 Å². The molecule has 1 aliphatic rings. The Bertz CT molecular complexity index is 612. The van der Waals surface area contributed by atoms with Crippen molar-refractivity contribution < 1.29 is 5.11 Å². The number of nitriles is 1. The van der Waals surface area contributed by atoms with Crippen molar-refractivity contribution in [2.24, 2.45) is 0 Å². The standard InChI is InChI=1S/C14H13N3O/c15-7-10-3-4-12-11(6-10)2-1-5-14(12,18)13-8-16-9-17-13/h3-4,6,8-9,18H,1-2,5H2,(H,16,17). The summed E-state index contributed by atoms with van der Waals surface area (Å²) in [5, 5.41) is 19.8. The zero-order valence-corrected chi connectivity index (χ0v) is 9.85. The second kappa shape index (κ2) is 3.97. The number of aromatic nitrogens is 2. The highest BCUT2D eigenvalue weighted by Gasteiger charge is 2.37. The third-order valence-electron chi connectivity index (χ3n) is 3.61. The Balaban J connectivity index is 2.16. The molecule has 3 rings (SSSR count). The molecule has 4 heteroatoms. The van der Waals surface area contributed by atoms with Gasteiger partial charge in [0, 0.05) is 0 Å². The number of aromatic amines is 1. The minimum atomic E-state index is -1.00. The predicted molar refractivity (Wildman–Crippen MR) is 65.7 cm³/mol. The van der Waals surface area contributed by atoms with Gasteiger partial charge in [-0.1, -0.05) is 6.07 Å². The molecule has 0 radical (unpaired) electrons. The zero-order valence-electron chi connectivity index (χ0n) is 9.85. The van der Waals surface area contributed by atoms with Crippen molar-refractivity contribution in [3.05, 3.63) is 53.1 Å². The third kappa shape index (κ3) is 1.52. The van der Waals surface area contributed by atoms with E-state index in [-0.39, 0.29) is 0 Å². The first kappa shape index (κ1) is 11.0. The number of aliphatic hydroxyl groups is 1. The first-order valence-electron chi connectivity index (χ1n) is 5.99. The number of rotatable bonds is 1. The van der Waals surface area contributed by atoms with E-state index in [2.05, 4.69) is 16.0 Å². The average Bonchev–Trinajstić information content (AvgIpc) is 2.93. The van der Waals surface area contributed by atoms with Gasteiger partial charge in [0.25, 0.3) is 0 Å². The molecule has 1 unspecified atom stereocenters. The van der Waals surface area contributed by atoms with Crippen molar-refractivity contribution in [3.63, 3.8) is 0 Å². The van der Waals surface area contributed by atoms with Gasteiger partial charge in [0.1, 0.15) is 5.60 Å². The molecule has 0 spiro atoms. The quantitative estimate of drug-likeness (QED) is 0.797. The van der Waals surface area contributed by atoms with Crippen LogP contribution >= 0.6 is 0 Å². The van der Waals surface area contributed by atoms with Crippen LogP contribution in [0.25, 0.3) is 0 Å². The largest absolute Gasteiger partial charge is 0.379 e. The highest BCUT2D eigenvalue weighted by atomic mass is 16.3. The van der Waals surface area contributed by atoms with Crippen LogP contribution in [0.15, 0.2) is 30.7 Å². The van der Waals surface area contributed by atoms with E-state index < -0.39 is 5.60 Å². The highest BCUT2D eigenvalue weighted by Crippen LogP contribution is 2.39. The second-order valence-electron chi connectivity index (χ2n) is 4.66. The molecule has 0 bridgehead atoms. The molecule has 0 amide bonds. The van der Waals surface area contributed by atoms with Crippen LogP contribution in [0.3, 0.4) is 0 Å². The monoisotopic (exact) mass is 239 g/mol. The van der Waals surface area contributed by atoms with E-state index in [1.54, 1.807) is 18.6 Å². The molecule has 1 aromatic carbocycles. The summed E-state index contributed by atoms with van der Waals surface area (Å²) in [6.07, 6.45) is 5.71. The van der Waals surface area contributed by atoms with Crippen LogP contribution in [0, 0.1) is 11.3 Å². The molecule has 4 nitrogen and oxygen atoms in total. The second-order valence-corrected chi connectivity index (χ2v) is 4.66. The van der Waals surface area contributed by atoms with E-state index in [1.807, 2.05) is 12.1 Å². The number of imidazole rings is 1. The topological polar surface area (TPSA) is 72.7 Å². The first-order chi connectivity index (χ1) is 8.74. The summed E-state index contributed by atoms with van der Waals surface area (Å²) in [6, 6.07) is 7.62. The van der Waals surface area contributed by atoms with Gasteiger partial charge in [-0.05, 0) is 42.5 Å². The van der Waals surface area contributed by atoms with Crippen molar-refractivity contribution in [2.45, 2.75) is 24.9 Å². The molecule has 0 aliphatic heterocycles. The first-order valence-corrected chi connectivity index (χ1v) is 5.99. The Morgan fingerprint density at radius 1 is 1.44 bits per heavy atom. The van der Waals surface area contributed by atoms with Gasteiger partial charge < -0.3 is 10.1 Å². The summed E-state index contributed by atoms with van der Waals surface area (Å²) >= 11 is 0. The molecule has 2 aromatic rings. The lowest BCUT2D eigenvalue weighted by molar-refractivity contribution is 0.0576. The molecular weight excluding hydrogens is 226 g/mol. The maximum Gasteiger partial charge on any atom is 0.131 e. The number of hydrogen-bond donors (Lipinski definition) is 2. The molecule has 1 heterocycles. The number of H-pyrrole nitrogens is 1. The number of fused-ring (bicyclic) bond motifs is 1. The van der Waals surface area contributed by atoms with E-state index in [4.69, 9.17) is 5.26 Å². The molecule has 18 heavy (non-hydrogen) atoms. The van der Waals surface area contributed by atoms with E-state index in [0.29, 0.717) is 17.7 Å². The van der Waals surface area contributed by atoms with Crippen molar-refractivity contribution >= 4 is 0 Å². The fourth-order valence-electron chi connectivity index (χ4n) is 2.70. The minimum Gasteiger partial charge on any atom is -0.379 e. The third-order valence-corrected chi connectivity index (χ3v) is 3.61. The van der Waals surface area contributed by atoms with Crippen LogP contribution in [0.4, 0.5) is 0 Å². The van der Waals surface area contributed by atoms with Crippen molar-refractivity contribution in [2.75, 3.05) is 0 Å². The van der Waals surface area contributed by atoms with Crippen LogP contribution in [0.1, 0.15) is 35.2 Å². The van der Waals surface area contributed by atoms with E-state index >= 15 is 0 Å². The Morgan fingerprint density at radius 3 is 3.06 bits per heavy atom. The number of hydrogen-bond acceptors (Lipinski definition) is 3. The molecule has 0 saturated carbocycles. The SMILES string of the molecule is N#Cc1ccc2c(c1)CCCC2(O)c1cnc[nH]1. The van der Waals surface area contributed by atoms with Crippen LogP contribution in [0.2, 0.25) is 0 Å². The van der Waals surface area contributed by atoms with E-state index in [0.717, 1.165) is 24.0 Å². The molecule has 1 atom stereocenters. The number of aryl methyl sites for hydroxylation is 1. The molecule has 1 aromatic heterocycles. The summed E-state index contributed by atoms with van der Waals surface area (Å²) in [5.41, 5.74) is 2.29. The van der Waals surface area contributed by atoms with Gasteiger partial charge in [0.2, 0.25) is 0 Å². The summed E-state index contributed by atoms with van der Waals surface area (Å²) in [4.78, 5) is 6.97. The Morgan fingerprint density at radius 2 is 2.33 bits per heavy atom. The van der Waals surface area contributed by atoms with Crippen LogP contribution in [-0.4, -0.2) is 15.1 Å². The maximum atomic E-state index is 10.9. The lowest BCUT2D eigenvalue weighted by Crippen LogP contribution is -2.32. The number of nitrogens with one attached hydrogen (secondary N) is 1. The van der Waals surface area contributed by atoms with Gasteiger partial charge in [0.05, 0.1) is 29.9 Å². The predicted octanol–water partition coefficient (Wildman–Crippen LogP) is 1.85. The fraction of sp³-hybridized carbons (Fsp3) is 0.286. The fourth-order valence-corrected chi connectivity index (χ4v) is 2.70. The summed E-state index contributed by atoms with van der Waals surface area (Å²) in [7, 11) is 0. The van der Waals surface area contributed by atoms with E-state index in [9.17, 15) is 5.11 Å². The average molecular weight is 239 g/mol. The van der Waals surface area contributed by atoms with Crippen molar-refractivity contribution in [3.8, 4) is 6.07 Å². The Hall–Kier alpha value is -2.12. The lowest BCUT2D eigenvalue weighted by atomic mass is 9.77. The van der Waals surface area contributed by atoms with Crippen LogP contribution in [-0.2, 0) is 12.0 Å². The normalized spacial score (nSPS) is 22.2. The molecule has 1 aliphatic carbocycles. The summed E-state index contributed by atoms with van der Waals surface area (Å²) < 4.78 is 0. The van der Waals surface area contributed by atoms with Crippen molar-refractivity contribution in [1.29, 1.82) is 5.26 Å². The van der Waals surface area contributed by atoms with Gasteiger partial charge in [-0.25, -0.2) is 4.98 Å². The van der Waals surface area contributed by atoms with Gasteiger partial charge >= 0.3 is 0 Å². The number of nitrogens with zero attached hydrogens (tertiary/aromatic N) is 2. The molecule has 90 valence electrons. The molecule has 0 saturated heterocycles. The van der Waals surface area contributed by atoms with Crippen LogP contribution in [0.5, 0.6) is 0 Å². The summed E-state index contributed by atoms with van der Waals surface area (Å²) in [5.74, 6) is 0. The van der Waals surface area contributed by atoms with Gasteiger partial charge in [-0.3, -0.25) is 0 Å². The van der Waals surface area contributed by atoms with E-state index in [1.165, 1.54) is 0 Å². The maximum absolute atomic E-state index is 10.9. The van der Waals surface area contributed by atoms with Gasteiger partial charge in [0.15, 0.2) is 0 Å². The van der Waals surface area contributed by atoms with Crippen LogP contribution < -0.4 is 0 Å². The molecular formula is C14H13N3O. The minimum absolute atomic E-state index is 0.641.